The Morgan fingerprint density at radius 1 is 1.23 bits per heavy atom. The number of carbonyl (C=O) groups excluding carboxylic acids is 1. The molecule has 1 saturated heterocycles. The molecule has 1 rings (SSSR count). The van der Waals surface area contributed by atoms with Gasteiger partial charge < -0.3 is 14.8 Å². The zero-order chi connectivity index (χ0) is 10.1. The molecule has 1 aliphatic heterocycles. The predicted molar refractivity (Wildman–Crippen MR) is 51.3 cm³/mol. The molecule has 0 unspecified atom stereocenters. The lowest BCUT2D eigenvalue weighted by Crippen LogP contribution is -2.29. The van der Waals surface area contributed by atoms with Gasteiger partial charge in [-0.3, -0.25) is 0 Å². The van der Waals surface area contributed by atoms with Crippen LogP contribution in [-0.4, -0.2) is 30.5 Å². The van der Waals surface area contributed by atoms with Gasteiger partial charge in [0.2, 0.25) is 0 Å². The van der Waals surface area contributed by atoms with Crippen molar-refractivity contribution in [2.75, 3.05) is 19.6 Å². The molecular formula is C10H20NO2-. The molecule has 3 heteroatoms. The van der Waals surface area contributed by atoms with E-state index in [0.29, 0.717) is 0 Å². The Morgan fingerprint density at radius 3 is 1.92 bits per heavy atom. The van der Waals surface area contributed by atoms with E-state index in [1.807, 2.05) is 0 Å². The highest BCUT2D eigenvalue weighted by Crippen LogP contribution is 2.06. The fourth-order valence-electron chi connectivity index (χ4n) is 1.28. The molecule has 0 bridgehead atoms. The van der Waals surface area contributed by atoms with Gasteiger partial charge in [0.15, 0.2) is 0 Å². The molecule has 0 aromatic rings. The van der Waals surface area contributed by atoms with Crippen molar-refractivity contribution in [1.82, 2.24) is 4.90 Å². The van der Waals surface area contributed by atoms with Crippen molar-refractivity contribution < 1.29 is 9.90 Å². The topological polar surface area (TPSA) is 43.4 Å². The first-order chi connectivity index (χ1) is 6.20. The monoisotopic (exact) mass is 186 g/mol. The van der Waals surface area contributed by atoms with Crippen LogP contribution in [0.4, 0.5) is 0 Å². The van der Waals surface area contributed by atoms with Gasteiger partial charge in [0.25, 0.3) is 0 Å². The quantitative estimate of drug-likeness (QED) is 0.635. The van der Waals surface area contributed by atoms with Crippen molar-refractivity contribution in [3.05, 3.63) is 0 Å². The molecule has 0 N–H and O–H groups in total. The molecule has 0 aliphatic carbocycles. The van der Waals surface area contributed by atoms with Gasteiger partial charge in [0.05, 0.1) is 0 Å². The van der Waals surface area contributed by atoms with E-state index in [-0.39, 0.29) is 6.42 Å². The van der Waals surface area contributed by atoms with E-state index in [1.165, 1.54) is 45.8 Å². The Balaban J connectivity index is 0.000000252. The molecule has 0 radical (unpaired) electrons. The Bertz CT molecular complexity index is 131. The van der Waals surface area contributed by atoms with Gasteiger partial charge in [-0.1, -0.05) is 20.3 Å². The average Bonchev–Trinajstić information content (AvgIpc) is 2.20. The molecular weight excluding hydrogens is 166 g/mol. The Hall–Kier alpha value is -0.570. The number of likely N-dealkylation sites (tertiary alicyclic amines) is 1. The highest BCUT2D eigenvalue weighted by molar-refractivity contribution is 5.63. The molecule has 1 fully saturated rings. The van der Waals surface area contributed by atoms with Gasteiger partial charge in [-0.05, 0) is 38.9 Å². The van der Waals surface area contributed by atoms with E-state index >= 15 is 0 Å². The van der Waals surface area contributed by atoms with Gasteiger partial charge in [-0.25, -0.2) is 0 Å². The number of piperidine rings is 1. The van der Waals surface area contributed by atoms with Crippen LogP contribution < -0.4 is 5.11 Å². The third-order valence-electron chi connectivity index (χ3n) is 2.18. The van der Waals surface area contributed by atoms with Crippen molar-refractivity contribution >= 4 is 5.97 Å². The second-order valence-electron chi connectivity index (χ2n) is 3.22. The van der Waals surface area contributed by atoms with Crippen LogP contribution in [-0.2, 0) is 4.79 Å². The van der Waals surface area contributed by atoms with E-state index in [2.05, 4.69) is 11.8 Å². The highest BCUT2D eigenvalue weighted by atomic mass is 16.4. The molecule has 0 atom stereocenters. The zero-order valence-electron chi connectivity index (χ0n) is 8.71. The maximum Gasteiger partial charge on any atom is 0.0411 e. The van der Waals surface area contributed by atoms with E-state index in [4.69, 9.17) is 0 Å². The molecule has 78 valence electrons. The van der Waals surface area contributed by atoms with E-state index in [9.17, 15) is 9.90 Å². The summed E-state index contributed by atoms with van der Waals surface area (Å²) < 4.78 is 0. The normalized spacial score (nSPS) is 17.4. The smallest absolute Gasteiger partial charge is 0.0411 e. The predicted octanol–water partition coefficient (Wildman–Crippen LogP) is 0.638. The van der Waals surface area contributed by atoms with Crippen LogP contribution in [0.2, 0.25) is 0 Å². The van der Waals surface area contributed by atoms with Crippen LogP contribution in [0, 0.1) is 0 Å². The number of hydrogen-bond donors (Lipinski definition) is 0. The molecule has 13 heavy (non-hydrogen) atoms. The van der Waals surface area contributed by atoms with Gasteiger partial charge in [0, 0.05) is 5.97 Å². The van der Waals surface area contributed by atoms with Crippen molar-refractivity contribution in [3.8, 4) is 0 Å². The van der Waals surface area contributed by atoms with Crippen molar-refractivity contribution in [1.29, 1.82) is 0 Å². The molecule has 0 saturated carbocycles. The van der Waals surface area contributed by atoms with E-state index < -0.39 is 5.97 Å². The van der Waals surface area contributed by atoms with Crippen molar-refractivity contribution in [2.45, 2.75) is 39.5 Å². The minimum Gasteiger partial charge on any atom is -0.550 e. The van der Waals surface area contributed by atoms with Crippen LogP contribution in [0.3, 0.4) is 0 Å². The largest absolute Gasteiger partial charge is 0.550 e. The first-order valence-corrected chi connectivity index (χ1v) is 5.12. The summed E-state index contributed by atoms with van der Waals surface area (Å²) in [6, 6.07) is 0. The SMILES string of the molecule is CCC(=O)[O-].CCN1CCCCC1. The standard InChI is InChI=1S/C7H15N.C3H6O2/c1-2-8-6-4-3-5-7-8;1-2-3(4)5/h2-7H2,1H3;2H2,1H3,(H,4,5)/p-1. The van der Waals surface area contributed by atoms with E-state index in [0.717, 1.165) is 0 Å². The first-order valence-electron chi connectivity index (χ1n) is 5.12. The summed E-state index contributed by atoms with van der Waals surface area (Å²) in [6.07, 6.45) is 4.41. The zero-order valence-corrected chi connectivity index (χ0v) is 8.71. The van der Waals surface area contributed by atoms with Crippen LogP contribution in [0.15, 0.2) is 0 Å². The van der Waals surface area contributed by atoms with Gasteiger partial charge in [0.1, 0.15) is 0 Å². The fraction of sp³-hybridized carbons (Fsp3) is 0.900. The summed E-state index contributed by atoms with van der Waals surface area (Å²) in [6.45, 7) is 7.72. The maximum atomic E-state index is 9.26. The van der Waals surface area contributed by atoms with Crippen LogP contribution >= 0.6 is 0 Å². The van der Waals surface area contributed by atoms with Crippen LogP contribution in [0.1, 0.15) is 39.5 Å². The van der Waals surface area contributed by atoms with Crippen LogP contribution in [0.25, 0.3) is 0 Å². The summed E-state index contributed by atoms with van der Waals surface area (Å²) in [5, 5.41) is 9.26. The third-order valence-corrected chi connectivity index (χ3v) is 2.18. The first kappa shape index (κ1) is 12.4. The molecule has 3 nitrogen and oxygen atoms in total. The van der Waals surface area contributed by atoms with Crippen LogP contribution in [0.5, 0.6) is 0 Å². The van der Waals surface area contributed by atoms with Crippen molar-refractivity contribution in [2.24, 2.45) is 0 Å². The number of carbonyl (C=O) groups is 1. The lowest BCUT2D eigenvalue weighted by molar-refractivity contribution is -0.305. The molecule has 0 aromatic carbocycles. The number of nitrogens with zero attached hydrogens (tertiary/aromatic N) is 1. The summed E-state index contributed by atoms with van der Waals surface area (Å²) in [7, 11) is 0. The molecule has 0 spiro atoms. The Kier molecular flexibility index (Phi) is 7.69. The minimum atomic E-state index is -0.995. The molecule has 0 amide bonds. The summed E-state index contributed by atoms with van der Waals surface area (Å²) in [5.74, 6) is -0.995. The van der Waals surface area contributed by atoms with E-state index in [1.54, 1.807) is 0 Å². The van der Waals surface area contributed by atoms with Gasteiger partial charge in [-0.15, -0.1) is 0 Å². The summed E-state index contributed by atoms with van der Waals surface area (Å²) in [5.41, 5.74) is 0. The number of carboxylic acids is 1. The Morgan fingerprint density at radius 2 is 1.69 bits per heavy atom. The van der Waals surface area contributed by atoms with Gasteiger partial charge >= 0.3 is 0 Å². The third kappa shape index (κ3) is 7.78. The fourth-order valence-corrected chi connectivity index (χ4v) is 1.28. The average molecular weight is 186 g/mol. The van der Waals surface area contributed by atoms with Gasteiger partial charge in [-0.2, -0.15) is 0 Å². The number of carboxylic acid groups (broad SMARTS) is 1. The highest BCUT2D eigenvalue weighted by Gasteiger charge is 2.05. The second kappa shape index (κ2) is 8.05. The lowest BCUT2D eigenvalue weighted by Gasteiger charge is -2.24. The molecule has 1 aliphatic rings. The lowest BCUT2D eigenvalue weighted by atomic mass is 10.1. The number of rotatable bonds is 2. The molecule has 0 aromatic heterocycles. The summed E-state index contributed by atoms with van der Waals surface area (Å²) >= 11 is 0. The Labute approximate surface area is 80.7 Å². The number of aliphatic carboxylic acids is 1. The minimum absolute atomic E-state index is 0.111. The summed E-state index contributed by atoms with van der Waals surface area (Å²) in [4.78, 5) is 11.8. The number of hydrogen-bond acceptors (Lipinski definition) is 3. The molecule has 1 heterocycles. The van der Waals surface area contributed by atoms with Crippen molar-refractivity contribution in [3.63, 3.8) is 0 Å². The second-order valence-corrected chi connectivity index (χ2v) is 3.22. The maximum absolute atomic E-state index is 9.26.